The van der Waals surface area contributed by atoms with Gasteiger partial charge < -0.3 is 4.90 Å². The van der Waals surface area contributed by atoms with Crippen molar-refractivity contribution in [2.75, 3.05) is 4.90 Å². The van der Waals surface area contributed by atoms with Crippen molar-refractivity contribution in [3.8, 4) is 11.1 Å². The molecule has 1 aliphatic rings. The number of thiophene rings is 1. The minimum absolute atomic E-state index is 0.989. The van der Waals surface area contributed by atoms with Gasteiger partial charge in [0, 0.05) is 37.2 Å². The molecule has 0 radical (unpaired) electrons. The Hall–Kier alpha value is -5.96. The van der Waals surface area contributed by atoms with Crippen LogP contribution in [-0.2, 0) is 6.42 Å². The summed E-state index contributed by atoms with van der Waals surface area (Å²) < 4.78 is 2.66. The van der Waals surface area contributed by atoms with Crippen LogP contribution < -0.4 is 4.90 Å². The van der Waals surface area contributed by atoms with E-state index >= 15 is 0 Å². The second-order valence-electron chi connectivity index (χ2n) is 13.3. The van der Waals surface area contributed by atoms with Gasteiger partial charge in [-0.2, -0.15) is 0 Å². The van der Waals surface area contributed by atoms with Crippen LogP contribution >= 0.6 is 11.3 Å². The largest absolute Gasteiger partial charge is 0.310 e. The maximum Gasteiger partial charge on any atom is 0.0476 e. The average Bonchev–Trinajstić information content (AvgIpc) is 3.73. The zero-order valence-corrected chi connectivity index (χ0v) is 27.5. The predicted octanol–water partition coefficient (Wildman–Crippen LogP) is 13.7. The monoisotopic (exact) mass is 639 g/mol. The highest BCUT2D eigenvalue weighted by Crippen LogP contribution is 2.46. The molecule has 9 aromatic carbocycles. The summed E-state index contributed by atoms with van der Waals surface area (Å²) in [7, 11) is 0. The molecule has 11 rings (SSSR count). The van der Waals surface area contributed by atoms with Crippen molar-refractivity contribution in [2.24, 2.45) is 0 Å². The molecule has 0 atom stereocenters. The van der Waals surface area contributed by atoms with Crippen LogP contribution in [-0.4, -0.2) is 0 Å². The molecule has 0 bridgehead atoms. The number of benzene rings is 9. The van der Waals surface area contributed by atoms with E-state index in [0.717, 1.165) is 12.1 Å². The summed E-state index contributed by atoms with van der Waals surface area (Å²) in [6, 6.07) is 61.1. The summed E-state index contributed by atoms with van der Waals surface area (Å²) in [5.41, 5.74) is 8.99. The molecule has 1 aromatic heterocycles. The van der Waals surface area contributed by atoms with Crippen molar-refractivity contribution in [1.29, 1.82) is 0 Å². The van der Waals surface area contributed by atoms with Crippen LogP contribution in [0.5, 0.6) is 0 Å². The van der Waals surface area contributed by atoms with Gasteiger partial charge in [0.1, 0.15) is 0 Å². The van der Waals surface area contributed by atoms with Crippen molar-refractivity contribution in [3.63, 3.8) is 0 Å². The molecule has 0 unspecified atom stereocenters. The summed E-state index contributed by atoms with van der Waals surface area (Å²) in [6.07, 6.45) is 0.989. The van der Waals surface area contributed by atoms with Gasteiger partial charge in [0.15, 0.2) is 0 Å². The van der Waals surface area contributed by atoms with E-state index in [1.165, 1.54) is 96.9 Å². The average molecular weight is 640 g/mol. The molecule has 0 aliphatic heterocycles. The predicted molar refractivity (Wildman–Crippen MR) is 212 cm³/mol. The summed E-state index contributed by atoms with van der Waals surface area (Å²) in [5.74, 6) is 0. The molecule has 49 heavy (non-hydrogen) atoms. The molecule has 0 fully saturated rings. The highest BCUT2D eigenvalue weighted by Gasteiger charge is 2.22. The van der Waals surface area contributed by atoms with Crippen molar-refractivity contribution < 1.29 is 0 Å². The zero-order chi connectivity index (χ0) is 32.1. The van der Waals surface area contributed by atoms with Crippen LogP contribution in [0.2, 0.25) is 0 Å². The van der Waals surface area contributed by atoms with E-state index in [1.807, 2.05) is 11.3 Å². The molecule has 1 aliphatic carbocycles. The normalized spacial score (nSPS) is 12.4. The number of anilines is 3. The van der Waals surface area contributed by atoms with E-state index in [1.54, 1.807) is 0 Å². The third kappa shape index (κ3) is 4.05. The Kier molecular flexibility index (Phi) is 5.67. The van der Waals surface area contributed by atoms with Crippen molar-refractivity contribution in [3.05, 3.63) is 175 Å². The van der Waals surface area contributed by atoms with Gasteiger partial charge in [-0.05, 0) is 108 Å². The van der Waals surface area contributed by atoms with Gasteiger partial charge in [0.25, 0.3) is 0 Å². The Morgan fingerprint density at radius 3 is 1.82 bits per heavy atom. The number of rotatable bonds is 3. The van der Waals surface area contributed by atoms with Gasteiger partial charge in [0.2, 0.25) is 0 Å². The lowest BCUT2D eigenvalue weighted by atomic mass is 9.96. The summed E-state index contributed by atoms with van der Waals surface area (Å²) in [4.78, 5) is 2.46. The first-order valence-electron chi connectivity index (χ1n) is 17.0. The smallest absolute Gasteiger partial charge is 0.0476 e. The molecule has 0 saturated carbocycles. The summed E-state index contributed by atoms with van der Waals surface area (Å²) in [6.45, 7) is 0. The Morgan fingerprint density at radius 1 is 0.367 bits per heavy atom. The fraction of sp³-hybridized carbons (Fsp3) is 0.0213. The number of hydrogen-bond acceptors (Lipinski definition) is 2. The fourth-order valence-corrected chi connectivity index (χ4v) is 9.55. The van der Waals surface area contributed by atoms with Gasteiger partial charge in [-0.1, -0.05) is 127 Å². The molecular weight excluding hydrogens is 611 g/mol. The molecule has 0 spiro atoms. The third-order valence-electron chi connectivity index (χ3n) is 10.6. The Morgan fingerprint density at radius 2 is 0.939 bits per heavy atom. The Bertz CT molecular complexity index is 2980. The lowest BCUT2D eigenvalue weighted by Gasteiger charge is -2.27. The van der Waals surface area contributed by atoms with E-state index in [-0.39, 0.29) is 0 Å². The summed E-state index contributed by atoms with van der Waals surface area (Å²) in [5, 5.41) is 12.9. The Balaban J connectivity index is 1.16. The minimum Gasteiger partial charge on any atom is -0.310 e. The SMILES string of the molecule is c1ccc2c(c1)Cc1ccc(N(c3ccc4c(c3)sc3c5ccccc5ccc43)c3ccc4ccc5c6ccccc6ccc5c4c3)cc1-2. The second-order valence-corrected chi connectivity index (χ2v) is 14.4. The maximum atomic E-state index is 2.46. The molecular formula is C47H29NS. The zero-order valence-electron chi connectivity index (χ0n) is 26.7. The van der Waals surface area contributed by atoms with Gasteiger partial charge in [-0.25, -0.2) is 0 Å². The molecule has 1 heterocycles. The topological polar surface area (TPSA) is 3.24 Å². The second kappa shape index (κ2) is 10.3. The van der Waals surface area contributed by atoms with Crippen LogP contribution in [0.15, 0.2) is 164 Å². The van der Waals surface area contributed by atoms with Crippen molar-refractivity contribution in [1.82, 2.24) is 0 Å². The van der Waals surface area contributed by atoms with E-state index < -0.39 is 0 Å². The quantitative estimate of drug-likeness (QED) is 0.174. The number of hydrogen-bond donors (Lipinski definition) is 0. The van der Waals surface area contributed by atoms with E-state index in [2.05, 4.69) is 169 Å². The molecule has 228 valence electrons. The van der Waals surface area contributed by atoms with E-state index in [0.29, 0.717) is 0 Å². The Labute approximate surface area is 287 Å². The fourth-order valence-electron chi connectivity index (χ4n) is 8.28. The molecule has 0 saturated heterocycles. The van der Waals surface area contributed by atoms with Crippen LogP contribution in [0.3, 0.4) is 0 Å². The first kappa shape index (κ1) is 27.0. The van der Waals surface area contributed by atoms with Gasteiger partial charge in [-0.3, -0.25) is 0 Å². The van der Waals surface area contributed by atoms with Gasteiger partial charge >= 0.3 is 0 Å². The van der Waals surface area contributed by atoms with E-state index in [4.69, 9.17) is 0 Å². The maximum absolute atomic E-state index is 2.46. The molecule has 2 heteroatoms. The van der Waals surface area contributed by atoms with Crippen LogP contribution in [0.25, 0.3) is 74.4 Å². The molecule has 1 nitrogen and oxygen atoms in total. The van der Waals surface area contributed by atoms with Gasteiger partial charge in [-0.15, -0.1) is 11.3 Å². The lowest BCUT2D eigenvalue weighted by Crippen LogP contribution is -2.10. The van der Waals surface area contributed by atoms with Crippen molar-refractivity contribution in [2.45, 2.75) is 6.42 Å². The molecule has 0 amide bonds. The highest BCUT2D eigenvalue weighted by molar-refractivity contribution is 7.26. The highest BCUT2D eigenvalue weighted by atomic mass is 32.1. The van der Waals surface area contributed by atoms with Crippen LogP contribution in [0.4, 0.5) is 17.1 Å². The molecule has 0 N–H and O–H groups in total. The van der Waals surface area contributed by atoms with Crippen LogP contribution in [0.1, 0.15) is 11.1 Å². The number of nitrogens with zero attached hydrogens (tertiary/aromatic N) is 1. The summed E-state index contributed by atoms with van der Waals surface area (Å²) >= 11 is 1.90. The van der Waals surface area contributed by atoms with Crippen LogP contribution in [0, 0.1) is 0 Å². The minimum atomic E-state index is 0.989. The van der Waals surface area contributed by atoms with Crippen molar-refractivity contribution >= 4 is 91.7 Å². The van der Waals surface area contributed by atoms with Gasteiger partial charge in [0.05, 0.1) is 0 Å². The first-order valence-corrected chi connectivity index (χ1v) is 17.8. The molecule has 10 aromatic rings. The third-order valence-corrected chi connectivity index (χ3v) is 11.8. The lowest BCUT2D eigenvalue weighted by molar-refractivity contribution is 1.25. The van der Waals surface area contributed by atoms with E-state index in [9.17, 15) is 0 Å². The standard InChI is InChI=1S/C47H29NS/c1-4-10-37-29(7-1)15-22-41-40(37)21-16-31-13-18-34(26-44(31)41)48(35-19-14-33-25-32-9-3-5-11-38(32)45(33)27-35)36-20-24-42-43-23-17-30-8-2-6-12-39(30)47(43)49-46(42)28-36/h1-24,26-28H,25H2. The first-order chi connectivity index (χ1) is 24.3. The number of fused-ring (bicyclic) bond motifs is 13.